The van der Waals surface area contributed by atoms with Gasteiger partial charge in [-0.2, -0.15) is 11.8 Å². The minimum absolute atomic E-state index is 0.00242. The number of benzene rings is 1. The minimum Gasteiger partial charge on any atom is -0.352 e. The number of rotatable bonds is 3. The Morgan fingerprint density at radius 1 is 1.09 bits per heavy atom. The standard InChI is InChI=1S/C17H23N3O2S/c21-16(18-14-8-11-23-12-9-14)15-7-4-10-20(15)17(22)19-13-5-2-1-3-6-13/h1-3,5-6,14-15H,4,7-12H2,(H,18,21)(H,19,22). The zero-order chi connectivity index (χ0) is 16.1. The Hall–Kier alpha value is -1.69. The topological polar surface area (TPSA) is 61.4 Å². The predicted octanol–water partition coefficient (Wildman–Crippen LogP) is 2.69. The molecule has 2 N–H and O–H groups in total. The Labute approximate surface area is 141 Å². The van der Waals surface area contributed by atoms with E-state index in [9.17, 15) is 9.59 Å². The molecule has 1 unspecified atom stereocenters. The molecular weight excluding hydrogens is 310 g/mol. The summed E-state index contributed by atoms with van der Waals surface area (Å²) in [7, 11) is 0. The van der Waals surface area contributed by atoms with Crippen molar-refractivity contribution in [2.75, 3.05) is 23.4 Å². The van der Waals surface area contributed by atoms with Crippen molar-refractivity contribution in [3.8, 4) is 0 Å². The number of carbonyl (C=O) groups is 2. The fourth-order valence-electron chi connectivity index (χ4n) is 3.14. The van der Waals surface area contributed by atoms with Gasteiger partial charge in [-0.1, -0.05) is 18.2 Å². The van der Waals surface area contributed by atoms with E-state index >= 15 is 0 Å². The second kappa shape index (κ2) is 7.73. The number of thioether (sulfide) groups is 1. The maximum atomic E-state index is 12.5. The molecule has 6 heteroatoms. The number of hydrogen-bond acceptors (Lipinski definition) is 3. The van der Waals surface area contributed by atoms with Gasteiger partial charge in [-0.05, 0) is 49.3 Å². The van der Waals surface area contributed by atoms with E-state index in [2.05, 4.69) is 10.6 Å². The Bertz CT molecular complexity index is 546. The number of hydrogen-bond donors (Lipinski definition) is 2. The van der Waals surface area contributed by atoms with Gasteiger partial charge in [-0.3, -0.25) is 4.79 Å². The molecule has 2 aliphatic rings. The first-order chi connectivity index (χ1) is 11.2. The Balaban J connectivity index is 1.58. The molecule has 1 aromatic carbocycles. The van der Waals surface area contributed by atoms with Gasteiger partial charge in [0.25, 0.3) is 0 Å². The van der Waals surface area contributed by atoms with Crippen molar-refractivity contribution in [2.45, 2.75) is 37.8 Å². The quantitative estimate of drug-likeness (QED) is 0.894. The van der Waals surface area contributed by atoms with Gasteiger partial charge >= 0.3 is 6.03 Å². The lowest BCUT2D eigenvalue weighted by molar-refractivity contribution is -0.125. The second-order valence-electron chi connectivity index (χ2n) is 6.04. The number of anilines is 1. The molecule has 2 fully saturated rings. The SMILES string of the molecule is O=C(NC1CCSCC1)C1CCCN1C(=O)Nc1ccccc1. The number of nitrogens with one attached hydrogen (secondary N) is 2. The van der Waals surface area contributed by atoms with Crippen molar-refractivity contribution in [3.05, 3.63) is 30.3 Å². The molecule has 0 radical (unpaired) electrons. The molecule has 5 nitrogen and oxygen atoms in total. The number of amides is 3. The van der Waals surface area contributed by atoms with Crippen LogP contribution in [0.2, 0.25) is 0 Å². The molecule has 2 heterocycles. The minimum atomic E-state index is -0.340. The molecular formula is C17H23N3O2S. The number of nitrogens with zero attached hydrogens (tertiary/aromatic N) is 1. The maximum Gasteiger partial charge on any atom is 0.322 e. The van der Waals surface area contributed by atoms with Crippen LogP contribution >= 0.6 is 11.8 Å². The average molecular weight is 333 g/mol. The summed E-state index contributed by atoms with van der Waals surface area (Å²) in [6.07, 6.45) is 3.68. The van der Waals surface area contributed by atoms with Crippen molar-refractivity contribution in [1.29, 1.82) is 0 Å². The molecule has 3 rings (SSSR count). The monoisotopic (exact) mass is 333 g/mol. The molecule has 0 spiro atoms. The van der Waals surface area contributed by atoms with Gasteiger partial charge in [-0.15, -0.1) is 0 Å². The Morgan fingerprint density at radius 3 is 2.57 bits per heavy atom. The molecule has 0 aliphatic carbocycles. The predicted molar refractivity (Wildman–Crippen MR) is 93.7 cm³/mol. The van der Waals surface area contributed by atoms with Crippen LogP contribution in [0, 0.1) is 0 Å². The molecule has 2 saturated heterocycles. The summed E-state index contributed by atoms with van der Waals surface area (Å²) >= 11 is 1.94. The van der Waals surface area contributed by atoms with E-state index in [-0.39, 0.29) is 24.0 Å². The van der Waals surface area contributed by atoms with Gasteiger partial charge in [0.15, 0.2) is 0 Å². The fraction of sp³-hybridized carbons (Fsp3) is 0.529. The summed E-state index contributed by atoms with van der Waals surface area (Å²) in [5, 5.41) is 6.01. The highest BCUT2D eigenvalue weighted by Gasteiger charge is 2.35. The van der Waals surface area contributed by atoms with E-state index < -0.39 is 0 Å². The van der Waals surface area contributed by atoms with Crippen molar-refractivity contribution in [2.24, 2.45) is 0 Å². The summed E-state index contributed by atoms with van der Waals surface area (Å²) in [5.41, 5.74) is 0.757. The normalized spacial score (nSPS) is 21.9. The highest BCUT2D eigenvalue weighted by Crippen LogP contribution is 2.21. The van der Waals surface area contributed by atoms with Crippen LogP contribution in [-0.2, 0) is 4.79 Å². The fourth-order valence-corrected chi connectivity index (χ4v) is 4.24. The molecule has 2 aliphatic heterocycles. The van der Waals surface area contributed by atoms with Crippen molar-refractivity contribution >= 4 is 29.4 Å². The zero-order valence-corrected chi connectivity index (χ0v) is 14.0. The lowest BCUT2D eigenvalue weighted by atomic mass is 10.1. The number of urea groups is 1. The molecule has 0 bridgehead atoms. The third-order valence-corrected chi connectivity index (χ3v) is 5.46. The van der Waals surface area contributed by atoms with E-state index in [1.54, 1.807) is 4.90 Å². The van der Waals surface area contributed by atoms with Crippen LogP contribution in [0.5, 0.6) is 0 Å². The summed E-state index contributed by atoms with van der Waals surface area (Å²) in [4.78, 5) is 26.7. The average Bonchev–Trinajstić information content (AvgIpc) is 3.06. The van der Waals surface area contributed by atoms with Gasteiger partial charge in [0.05, 0.1) is 0 Å². The molecule has 124 valence electrons. The van der Waals surface area contributed by atoms with Crippen LogP contribution in [0.1, 0.15) is 25.7 Å². The van der Waals surface area contributed by atoms with Crippen molar-refractivity contribution in [3.63, 3.8) is 0 Å². The molecule has 0 aromatic heterocycles. The Morgan fingerprint density at radius 2 is 1.83 bits per heavy atom. The van der Waals surface area contributed by atoms with Crippen molar-refractivity contribution in [1.82, 2.24) is 10.2 Å². The molecule has 1 aromatic rings. The highest BCUT2D eigenvalue weighted by atomic mass is 32.2. The van der Waals surface area contributed by atoms with Gasteiger partial charge in [0, 0.05) is 18.3 Å². The second-order valence-corrected chi connectivity index (χ2v) is 7.27. The van der Waals surface area contributed by atoms with Crippen molar-refractivity contribution < 1.29 is 9.59 Å². The van der Waals surface area contributed by atoms with E-state index in [0.29, 0.717) is 6.54 Å². The highest BCUT2D eigenvalue weighted by molar-refractivity contribution is 7.99. The van der Waals surface area contributed by atoms with Crippen LogP contribution in [0.4, 0.5) is 10.5 Å². The number of carbonyl (C=O) groups excluding carboxylic acids is 2. The summed E-state index contributed by atoms with van der Waals surface area (Å²) in [6.45, 7) is 0.636. The van der Waals surface area contributed by atoms with Gasteiger partial charge in [-0.25, -0.2) is 4.79 Å². The first-order valence-electron chi connectivity index (χ1n) is 8.25. The largest absolute Gasteiger partial charge is 0.352 e. The first-order valence-corrected chi connectivity index (χ1v) is 9.40. The molecule has 1 atom stereocenters. The van der Waals surface area contributed by atoms with E-state index in [0.717, 1.165) is 42.9 Å². The lowest BCUT2D eigenvalue weighted by Crippen LogP contribution is -2.50. The zero-order valence-electron chi connectivity index (χ0n) is 13.2. The Kier molecular flexibility index (Phi) is 5.43. The van der Waals surface area contributed by atoms with Crippen LogP contribution in [0.25, 0.3) is 0 Å². The van der Waals surface area contributed by atoms with Gasteiger partial charge in [0.2, 0.25) is 5.91 Å². The van der Waals surface area contributed by atoms with E-state index in [4.69, 9.17) is 0 Å². The van der Waals surface area contributed by atoms with Gasteiger partial charge < -0.3 is 15.5 Å². The smallest absolute Gasteiger partial charge is 0.322 e. The summed E-state index contributed by atoms with van der Waals surface area (Å²) in [6, 6.07) is 9.11. The third kappa shape index (κ3) is 4.19. The molecule has 23 heavy (non-hydrogen) atoms. The summed E-state index contributed by atoms with van der Waals surface area (Å²) < 4.78 is 0. The van der Waals surface area contributed by atoms with Gasteiger partial charge in [0.1, 0.15) is 6.04 Å². The first kappa shape index (κ1) is 16.2. The number of likely N-dealkylation sites (tertiary alicyclic amines) is 1. The summed E-state index contributed by atoms with van der Waals surface area (Å²) in [5.74, 6) is 2.21. The maximum absolute atomic E-state index is 12.5. The van der Waals surface area contributed by atoms with E-state index in [1.165, 1.54) is 0 Å². The van der Waals surface area contributed by atoms with E-state index in [1.807, 2.05) is 42.1 Å². The number of para-hydroxylation sites is 1. The lowest BCUT2D eigenvalue weighted by Gasteiger charge is -2.28. The molecule has 0 saturated carbocycles. The van der Waals surface area contributed by atoms with Crippen LogP contribution in [0.15, 0.2) is 30.3 Å². The van der Waals surface area contributed by atoms with Crippen LogP contribution in [-0.4, -0.2) is 47.0 Å². The third-order valence-electron chi connectivity index (χ3n) is 4.41. The molecule has 3 amide bonds. The van der Waals surface area contributed by atoms with Crippen LogP contribution in [0.3, 0.4) is 0 Å². The van der Waals surface area contributed by atoms with Crippen LogP contribution < -0.4 is 10.6 Å².